The number of halogens is 1. The van der Waals surface area contributed by atoms with Crippen molar-refractivity contribution in [2.75, 3.05) is 0 Å². The Morgan fingerprint density at radius 3 is 2.29 bits per heavy atom. The third-order valence-corrected chi connectivity index (χ3v) is 4.33. The summed E-state index contributed by atoms with van der Waals surface area (Å²) in [5.74, 6) is 0. The maximum atomic E-state index is 11.4. The molecular formula is C10H10ClNO4S. The third kappa shape index (κ3) is 2.28. The van der Waals surface area contributed by atoms with Gasteiger partial charge in [0.25, 0.3) is 14.7 Å². The van der Waals surface area contributed by atoms with Crippen LogP contribution in [0.1, 0.15) is 24.0 Å². The van der Waals surface area contributed by atoms with Gasteiger partial charge in [-0.05, 0) is 37.3 Å². The lowest BCUT2D eigenvalue weighted by molar-refractivity contribution is -0.385. The van der Waals surface area contributed by atoms with Gasteiger partial charge in [-0.25, -0.2) is 8.42 Å². The highest BCUT2D eigenvalue weighted by atomic mass is 35.7. The molecule has 1 aliphatic carbocycles. The Balaban J connectivity index is 2.72. The lowest BCUT2D eigenvalue weighted by Crippen LogP contribution is -2.10. The summed E-state index contributed by atoms with van der Waals surface area (Å²) in [6, 6.07) is 2.45. The Kier molecular flexibility index (Phi) is 3.09. The normalized spacial score (nSPS) is 15.4. The van der Waals surface area contributed by atoms with Gasteiger partial charge in [0.05, 0.1) is 9.82 Å². The quantitative estimate of drug-likeness (QED) is 0.472. The van der Waals surface area contributed by atoms with Gasteiger partial charge >= 0.3 is 0 Å². The predicted octanol–water partition coefficient (Wildman–Crippen LogP) is 2.40. The van der Waals surface area contributed by atoms with Crippen molar-refractivity contribution in [2.45, 2.75) is 30.6 Å². The van der Waals surface area contributed by atoms with E-state index in [2.05, 4.69) is 0 Å². The topological polar surface area (TPSA) is 77.3 Å². The van der Waals surface area contributed by atoms with Gasteiger partial charge in [0, 0.05) is 22.3 Å². The van der Waals surface area contributed by atoms with Gasteiger partial charge in [-0.1, -0.05) is 0 Å². The average molecular weight is 276 g/mol. The van der Waals surface area contributed by atoms with E-state index in [1.165, 1.54) is 12.1 Å². The van der Waals surface area contributed by atoms with Crippen molar-refractivity contribution in [3.63, 3.8) is 0 Å². The highest BCUT2D eigenvalue weighted by Crippen LogP contribution is 2.35. The molecule has 0 aromatic heterocycles. The number of nitrogens with zero attached hydrogens (tertiary/aromatic N) is 1. The summed E-state index contributed by atoms with van der Waals surface area (Å²) >= 11 is 0. The van der Waals surface area contributed by atoms with E-state index in [0.717, 1.165) is 12.8 Å². The second-order valence-corrected chi connectivity index (χ2v) is 6.48. The smallest absolute Gasteiger partial charge is 0.258 e. The van der Waals surface area contributed by atoms with Crippen LogP contribution in [0, 0.1) is 10.1 Å². The monoisotopic (exact) mass is 275 g/mol. The Hall–Kier alpha value is -1.14. The van der Waals surface area contributed by atoms with Crippen molar-refractivity contribution in [3.05, 3.63) is 33.4 Å². The number of nitro groups is 1. The van der Waals surface area contributed by atoms with E-state index in [9.17, 15) is 18.5 Å². The minimum atomic E-state index is -3.84. The van der Waals surface area contributed by atoms with E-state index in [0.29, 0.717) is 24.0 Å². The highest BCUT2D eigenvalue weighted by Gasteiger charge is 2.27. The zero-order valence-electron chi connectivity index (χ0n) is 8.85. The average Bonchev–Trinajstić information content (AvgIpc) is 2.26. The molecule has 0 aliphatic heterocycles. The number of benzene rings is 1. The van der Waals surface area contributed by atoms with Crippen molar-refractivity contribution >= 4 is 25.4 Å². The van der Waals surface area contributed by atoms with Crippen LogP contribution in [-0.2, 0) is 21.9 Å². The summed E-state index contributed by atoms with van der Waals surface area (Å²) in [6.45, 7) is 0. The largest absolute Gasteiger partial charge is 0.272 e. The number of rotatable bonds is 2. The molecule has 7 heteroatoms. The first kappa shape index (κ1) is 12.3. The molecule has 5 nitrogen and oxygen atoms in total. The van der Waals surface area contributed by atoms with E-state index in [1.807, 2.05) is 0 Å². The fourth-order valence-electron chi connectivity index (χ4n) is 2.22. The highest BCUT2D eigenvalue weighted by molar-refractivity contribution is 8.13. The molecule has 0 unspecified atom stereocenters. The van der Waals surface area contributed by atoms with E-state index < -0.39 is 14.0 Å². The zero-order valence-corrected chi connectivity index (χ0v) is 10.4. The van der Waals surface area contributed by atoms with Gasteiger partial charge in [-0.3, -0.25) is 10.1 Å². The molecule has 17 heavy (non-hydrogen) atoms. The number of nitro benzene ring substituents is 1. The van der Waals surface area contributed by atoms with Crippen molar-refractivity contribution < 1.29 is 13.3 Å². The maximum absolute atomic E-state index is 11.4. The Morgan fingerprint density at radius 1 is 1.18 bits per heavy atom. The van der Waals surface area contributed by atoms with Crippen LogP contribution < -0.4 is 0 Å². The van der Waals surface area contributed by atoms with Crippen LogP contribution in [0.15, 0.2) is 17.0 Å². The molecule has 0 fully saturated rings. The van der Waals surface area contributed by atoms with Crippen molar-refractivity contribution in [1.29, 1.82) is 0 Å². The second-order valence-electron chi connectivity index (χ2n) is 3.94. The summed E-state index contributed by atoms with van der Waals surface area (Å²) in [4.78, 5) is 10.4. The SMILES string of the molecule is O=[N+]([O-])c1ccc(S(=O)(=O)Cl)c2c1CCCC2. The first-order valence-electron chi connectivity index (χ1n) is 5.15. The lowest BCUT2D eigenvalue weighted by Gasteiger charge is -2.17. The first-order chi connectivity index (χ1) is 7.91. The fraction of sp³-hybridized carbons (Fsp3) is 0.400. The van der Waals surface area contributed by atoms with Gasteiger partial charge < -0.3 is 0 Å². The van der Waals surface area contributed by atoms with Crippen LogP contribution in [-0.4, -0.2) is 13.3 Å². The van der Waals surface area contributed by atoms with Crippen molar-refractivity contribution in [3.8, 4) is 0 Å². The molecule has 2 rings (SSSR count). The molecule has 1 aromatic carbocycles. The molecule has 1 aromatic rings. The number of hydrogen-bond acceptors (Lipinski definition) is 4. The molecule has 0 heterocycles. The van der Waals surface area contributed by atoms with Crippen LogP contribution in [0.3, 0.4) is 0 Å². The minimum absolute atomic E-state index is 0.0104. The van der Waals surface area contributed by atoms with Gasteiger partial charge in [0.15, 0.2) is 0 Å². The molecule has 0 saturated heterocycles. The Bertz CT molecular complexity index is 582. The van der Waals surface area contributed by atoms with Crippen LogP contribution in [0.2, 0.25) is 0 Å². The second kappa shape index (κ2) is 4.27. The Morgan fingerprint density at radius 2 is 1.76 bits per heavy atom. The van der Waals surface area contributed by atoms with Crippen LogP contribution in [0.5, 0.6) is 0 Å². The van der Waals surface area contributed by atoms with Gasteiger partial charge in [0.2, 0.25) is 0 Å². The standard InChI is InChI=1S/C10H10ClNO4S/c11-17(15,16)10-6-5-9(12(13)14)7-3-1-2-4-8(7)10/h5-6H,1-4H2. The molecule has 0 radical (unpaired) electrons. The summed E-state index contributed by atoms with van der Waals surface area (Å²) < 4.78 is 22.8. The molecule has 0 N–H and O–H groups in total. The first-order valence-corrected chi connectivity index (χ1v) is 7.46. The van der Waals surface area contributed by atoms with Crippen molar-refractivity contribution in [1.82, 2.24) is 0 Å². The molecule has 0 atom stereocenters. The minimum Gasteiger partial charge on any atom is -0.258 e. The summed E-state index contributed by atoms with van der Waals surface area (Å²) in [5, 5.41) is 10.9. The maximum Gasteiger partial charge on any atom is 0.272 e. The van der Waals surface area contributed by atoms with Gasteiger partial charge in [0.1, 0.15) is 0 Å². The van der Waals surface area contributed by atoms with Crippen molar-refractivity contribution in [2.24, 2.45) is 0 Å². The molecule has 0 amide bonds. The molecule has 1 aliphatic rings. The van der Waals surface area contributed by atoms with E-state index in [4.69, 9.17) is 10.7 Å². The predicted molar refractivity (Wildman–Crippen MR) is 62.8 cm³/mol. The molecule has 0 spiro atoms. The zero-order chi connectivity index (χ0) is 12.6. The van der Waals surface area contributed by atoms with Gasteiger partial charge in [-0.15, -0.1) is 0 Å². The van der Waals surface area contributed by atoms with E-state index in [-0.39, 0.29) is 10.6 Å². The molecule has 92 valence electrons. The van der Waals surface area contributed by atoms with E-state index in [1.54, 1.807) is 0 Å². The third-order valence-electron chi connectivity index (χ3n) is 2.93. The van der Waals surface area contributed by atoms with Crippen LogP contribution >= 0.6 is 10.7 Å². The van der Waals surface area contributed by atoms with E-state index >= 15 is 0 Å². The number of fused-ring (bicyclic) bond motifs is 1. The number of hydrogen-bond donors (Lipinski definition) is 0. The Labute approximate surface area is 103 Å². The van der Waals surface area contributed by atoms with Gasteiger partial charge in [-0.2, -0.15) is 0 Å². The lowest BCUT2D eigenvalue weighted by atomic mass is 9.90. The van der Waals surface area contributed by atoms with Crippen LogP contribution in [0.25, 0.3) is 0 Å². The molecule has 0 bridgehead atoms. The molecule has 0 saturated carbocycles. The van der Waals surface area contributed by atoms with Crippen LogP contribution in [0.4, 0.5) is 5.69 Å². The molecular weight excluding hydrogens is 266 g/mol. The summed E-state index contributed by atoms with van der Waals surface area (Å²) in [6.07, 6.45) is 2.72. The fourth-order valence-corrected chi connectivity index (χ4v) is 3.40. The summed E-state index contributed by atoms with van der Waals surface area (Å²) in [5.41, 5.74) is 1.02. The summed E-state index contributed by atoms with van der Waals surface area (Å²) in [7, 11) is 1.49.